The van der Waals surface area contributed by atoms with Crippen molar-refractivity contribution in [1.82, 2.24) is 0 Å². The van der Waals surface area contributed by atoms with Crippen LogP contribution in [0.5, 0.6) is 5.75 Å². The Hall–Kier alpha value is -6.12. The van der Waals surface area contributed by atoms with Crippen LogP contribution < -0.4 is 9.64 Å². The average Bonchev–Trinajstić information content (AvgIpc) is 3.15. The van der Waals surface area contributed by atoms with Crippen molar-refractivity contribution >= 4 is 50.6 Å². The number of methoxy groups -OCH3 is 1. The fourth-order valence-electron chi connectivity index (χ4n) is 6.15. The van der Waals surface area contributed by atoms with Gasteiger partial charge in [-0.2, -0.15) is 0 Å². The molecular formula is C45H35NO. The van der Waals surface area contributed by atoms with E-state index in [1.54, 1.807) is 7.11 Å². The lowest BCUT2D eigenvalue weighted by atomic mass is 9.93. The molecule has 0 amide bonds. The van der Waals surface area contributed by atoms with Crippen LogP contribution in [0.2, 0.25) is 0 Å². The van der Waals surface area contributed by atoms with Gasteiger partial charge in [-0.3, -0.25) is 0 Å². The minimum absolute atomic E-state index is 0.822. The van der Waals surface area contributed by atoms with Gasteiger partial charge in [-0.15, -0.1) is 0 Å². The van der Waals surface area contributed by atoms with Gasteiger partial charge in [0.05, 0.1) is 12.8 Å². The molecule has 0 saturated carbocycles. The van der Waals surface area contributed by atoms with Crippen LogP contribution in [0, 0.1) is 0 Å². The maximum atomic E-state index is 5.56. The first-order valence-corrected chi connectivity index (χ1v) is 15.9. The molecule has 0 heterocycles. The molecule has 7 aromatic carbocycles. The first-order valence-electron chi connectivity index (χ1n) is 15.9. The molecule has 0 radical (unpaired) electrons. The summed E-state index contributed by atoms with van der Waals surface area (Å²) in [4.78, 5) is 2.35. The van der Waals surface area contributed by atoms with Gasteiger partial charge in [-0.1, -0.05) is 164 Å². The summed E-state index contributed by atoms with van der Waals surface area (Å²) in [6, 6.07) is 57.4. The third-order valence-corrected chi connectivity index (χ3v) is 8.43. The molecule has 0 spiro atoms. The van der Waals surface area contributed by atoms with Crippen LogP contribution in [-0.4, -0.2) is 7.11 Å². The smallest absolute Gasteiger partial charge is 0.119 e. The Balaban J connectivity index is 1.49. The quantitative estimate of drug-likeness (QED) is 0.120. The summed E-state index contributed by atoms with van der Waals surface area (Å²) in [5, 5.41) is 4.73. The van der Waals surface area contributed by atoms with Crippen molar-refractivity contribution in [3.63, 3.8) is 0 Å². The highest BCUT2D eigenvalue weighted by molar-refractivity contribution is 6.18. The second kappa shape index (κ2) is 13.9. The van der Waals surface area contributed by atoms with Gasteiger partial charge in [0, 0.05) is 28.2 Å². The lowest BCUT2D eigenvalue weighted by molar-refractivity contribution is 0.415. The predicted octanol–water partition coefficient (Wildman–Crippen LogP) is 12.0. The molecule has 226 valence electrons. The van der Waals surface area contributed by atoms with Crippen molar-refractivity contribution in [1.29, 1.82) is 0 Å². The van der Waals surface area contributed by atoms with Crippen molar-refractivity contribution in [2.75, 3.05) is 12.0 Å². The minimum atomic E-state index is 0.822. The van der Waals surface area contributed by atoms with Crippen molar-refractivity contribution in [3.8, 4) is 5.75 Å². The van der Waals surface area contributed by atoms with E-state index in [2.05, 4.69) is 181 Å². The number of hydrogen-bond donors (Lipinski definition) is 0. The zero-order valence-electron chi connectivity index (χ0n) is 26.3. The molecule has 0 aliphatic carbocycles. The van der Waals surface area contributed by atoms with E-state index in [1.165, 1.54) is 32.7 Å². The Morgan fingerprint density at radius 3 is 1.49 bits per heavy atom. The van der Waals surface area contributed by atoms with E-state index in [0.29, 0.717) is 0 Å². The molecule has 0 aliphatic heterocycles. The fraction of sp³-hybridized carbons (Fsp3) is 0.0222. The highest BCUT2D eigenvalue weighted by Crippen LogP contribution is 2.43. The van der Waals surface area contributed by atoms with E-state index in [-0.39, 0.29) is 0 Å². The molecule has 7 aromatic rings. The van der Waals surface area contributed by atoms with Crippen LogP contribution in [0.3, 0.4) is 0 Å². The molecule has 2 heteroatoms. The average molecular weight is 606 g/mol. The molecule has 7 rings (SSSR count). The lowest BCUT2D eigenvalue weighted by Crippen LogP contribution is -2.12. The summed E-state index contributed by atoms with van der Waals surface area (Å²) < 4.78 is 5.56. The second-order valence-corrected chi connectivity index (χ2v) is 11.3. The number of anilines is 2. The van der Waals surface area contributed by atoms with Crippen molar-refractivity contribution < 1.29 is 4.74 Å². The van der Waals surface area contributed by atoms with Crippen LogP contribution in [0.4, 0.5) is 11.4 Å². The number of ether oxygens (including phenoxy) is 1. The number of nitrogens with zero attached hydrogens (tertiary/aromatic N) is 1. The van der Waals surface area contributed by atoms with E-state index in [4.69, 9.17) is 4.74 Å². The van der Waals surface area contributed by atoms with Gasteiger partial charge in [0.2, 0.25) is 0 Å². The first kappa shape index (κ1) is 29.6. The van der Waals surface area contributed by atoms with Crippen LogP contribution in [-0.2, 0) is 0 Å². The minimum Gasteiger partial charge on any atom is -0.497 e. The molecular weight excluding hydrogens is 571 g/mol. The molecule has 0 saturated heterocycles. The largest absolute Gasteiger partial charge is 0.497 e. The van der Waals surface area contributed by atoms with Crippen molar-refractivity contribution in [2.24, 2.45) is 0 Å². The summed E-state index contributed by atoms with van der Waals surface area (Å²) in [5.74, 6) is 0.822. The van der Waals surface area contributed by atoms with Gasteiger partial charge >= 0.3 is 0 Å². The van der Waals surface area contributed by atoms with Crippen molar-refractivity contribution in [2.45, 2.75) is 0 Å². The monoisotopic (exact) mass is 605 g/mol. The van der Waals surface area contributed by atoms with Gasteiger partial charge in [0.25, 0.3) is 0 Å². The van der Waals surface area contributed by atoms with E-state index >= 15 is 0 Å². The van der Waals surface area contributed by atoms with E-state index in [0.717, 1.165) is 33.8 Å². The highest BCUT2D eigenvalue weighted by atomic mass is 16.5. The molecule has 0 bridgehead atoms. The van der Waals surface area contributed by atoms with E-state index < -0.39 is 0 Å². The second-order valence-electron chi connectivity index (χ2n) is 11.3. The zero-order chi connectivity index (χ0) is 31.8. The van der Waals surface area contributed by atoms with Gasteiger partial charge in [-0.25, -0.2) is 0 Å². The first-order chi connectivity index (χ1) is 23.3. The Bertz CT molecular complexity index is 2100. The number of rotatable bonds is 9. The van der Waals surface area contributed by atoms with Crippen LogP contribution in [0.1, 0.15) is 22.3 Å². The van der Waals surface area contributed by atoms with E-state index in [1.807, 2.05) is 18.2 Å². The van der Waals surface area contributed by atoms with Crippen molar-refractivity contribution in [3.05, 3.63) is 204 Å². The summed E-state index contributed by atoms with van der Waals surface area (Å²) in [7, 11) is 1.71. The predicted molar refractivity (Wildman–Crippen MR) is 201 cm³/mol. The Morgan fingerprint density at radius 2 is 0.957 bits per heavy atom. The maximum Gasteiger partial charge on any atom is 0.119 e. The molecule has 0 unspecified atom stereocenters. The van der Waals surface area contributed by atoms with Crippen LogP contribution >= 0.6 is 0 Å². The number of hydrogen-bond acceptors (Lipinski definition) is 2. The van der Waals surface area contributed by atoms with Gasteiger partial charge in [0.1, 0.15) is 5.75 Å². The third-order valence-electron chi connectivity index (χ3n) is 8.43. The van der Waals surface area contributed by atoms with Gasteiger partial charge in [-0.05, 0) is 57.3 Å². The number of fused-ring (bicyclic) bond motifs is 2. The molecule has 0 fully saturated rings. The van der Waals surface area contributed by atoms with Crippen LogP contribution in [0.15, 0.2) is 182 Å². The zero-order valence-corrected chi connectivity index (χ0v) is 26.3. The lowest BCUT2D eigenvalue weighted by Gasteiger charge is -2.27. The number of allylic oxidation sites excluding steroid dienone is 2. The molecule has 0 atom stereocenters. The maximum absolute atomic E-state index is 5.56. The van der Waals surface area contributed by atoms with Gasteiger partial charge in [0.15, 0.2) is 0 Å². The molecule has 0 N–H and O–H groups in total. The fourth-order valence-corrected chi connectivity index (χ4v) is 6.15. The summed E-state index contributed by atoms with van der Waals surface area (Å²) in [6.07, 6.45) is 10.9. The Kier molecular flexibility index (Phi) is 8.74. The molecule has 0 aromatic heterocycles. The number of benzene rings is 7. The molecule has 2 nitrogen and oxygen atoms in total. The standard InChI is InChI=1S/C45H35NO/c1-47-38-31-29-37(30-32-38)46(33-44(35-20-7-3-8-21-35)36-22-9-4-10-23-36)45-42-27-15-13-25-40(42)39(41-26-14-16-28-43(41)45)24-12-11-19-34-17-5-2-6-18-34/h2-33H,1H3/b19-11+,24-12+. The SMILES string of the molecule is COc1ccc(N(C=C(c2ccccc2)c2ccccc2)c2c3ccccc3c(/C=C/C=C/c3ccccc3)c3ccccc23)cc1. The summed E-state index contributed by atoms with van der Waals surface area (Å²) in [5.41, 5.74) is 7.97. The topological polar surface area (TPSA) is 12.5 Å². The summed E-state index contributed by atoms with van der Waals surface area (Å²) in [6.45, 7) is 0. The summed E-state index contributed by atoms with van der Waals surface area (Å²) >= 11 is 0. The molecule has 0 aliphatic rings. The van der Waals surface area contributed by atoms with E-state index in [9.17, 15) is 0 Å². The normalized spacial score (nSPS) is 11.3. The Morgan fingerprint density at radius 1 is 0.489 bits per heavy atom. The molecule has 47 heavy (non-hydrogen) atoms. The third kappa shape index (κ3) is 6.36. The Labute approximate surface area is 276 Å². The van der Waals surface area contributed by atoms with Crippen LogP contribution in [0.25, 0.3) is 39.3 Å². The van der Waals surface area contributed by atoms with Gasteiger partial charge < -0.3 is 9.64 Å². The highest BCUT2D eigenvalue weighted by Gasteiger charge is 2.19.